The van der Waals surface area contributed by atoms with Gasteiger partial charge in [-0.2, -0.15) is 0 Å². The second-order valence-electron chi connectivity index (χ2n) is 5.22. The molecule has 0 rings (SSSR count). The van der Waals surface area contributed by atoms with Crippen molar-refractivity contribution in [2.45, 2.75) is 77.7 Å². The van der Waals surface area contributed by atoms with E-state index in [1.54, 1.807) is 0 Å². The minimum absolute atomic E-state index is 0.0746. The van der Waals surface area contributed by atoms with Crippen molar-refractivity contribution in [1.82, 2.24) is 0 Å². The van der Waals surface area contributed by atoms with Crippen LogP contribution in [0.25, 0.3) is 0 Å². The summed E-state index contributed by atoms with van der Waals surface area (Å²) in [5.41, 5.74) is 0. The number of hydrogen-bond donors (Lipinski definition) is 0. The molecule has 0 heterocycles. The lowest BCUT2D eigenvalue weighted by Crippen LogP contribution is -2.24. The molecule has 0 saturated carbocycles. The highest BCUT2D eigenvalue weighted by Gasteiger charge is 2.08. The second-order valence-corrected chi connectivity index (χ2v) is 7.63. The molecule has 0 amide bonds. The highest BCUT2D eigenvalue weighted by molar-refractivity contribution is 7.80. The van der Waals surface area contributed by atoms with Crippen LogP contribution in [0.5, 0.6) is 0 Å². The molecule has 0 aromatic carbocycles. The summed E-state index contributed by atoms with van der Waals surface area (Å²) < 4.78 is 16.8. The topological polar surface area (TPSA) is 27.7 Å². The van der Waals surface area contributed by atoms with Crippen molar-refractivity contribution in [2.24, 2.45) is 0 Å². The SMILES string of the molecule is CCCCCCCC(=S)OCCC[SiH2]C(OCC)OCC. The standard InChI is InChI=1S/C16H34O3SSi/c1-4-7-8-9-10-12-15(20)19-13-11-14-21-16(17-5-2)18-6-3/h16H,4-14,21H2,1-3H3. The van der Waals surface area contributed by atoms with Crippen LogP contribution < -0.4 is 0 Å². The van der Waals surface area contributed by atoms with Crippen molar-refractivity contribution in [3.05, 3.63) is 0 Å². The van der Waals surface area contributed by atoms with Gasteiger partial charge in [0, 0.05) is 19.6 Å². The molecule has 0 aromatic heterocycles. The average molecular weight is 335 g/mol. The molecule has 0 N–H and O–H groups in total. The number of rotatable bonds is 15. The van der Waals surface area contributed by atoms with Crippen molar-refractivity contribution >= 4 is 26.8 Å². The Hall–Kier alpha value is 0.0269. The summed E-state index contributed by atoms with van der Waals surface area (Å²) in [6, 6.07) is 1.18. The van der Waals surface area contributed by atoms with Gasteiger partial charge in [0.15, 0.2) is 5.05 Å². The summed E-state index contributed by atoms with van der Waals surface area (Å²) >= 11 is 5.26. The van der Waals surface area contributed by atoms with E-state index in [2.05, 4.69) is 6.92 Å². The molecule has 0 spiro atoms. The van der Waals surface area contributed by atoms with Gasteiger partial charge in [0.2, 0.25) is 0 Å². The van der Waals surface area contributed by atoms with Crippen LogP contribution in [0.3, 0.4) is 0 Å². The van der Waals surface area contributed by atoms with Gasteiger partial charge < -0.3 is 14.2 Å². The molecule has 0 unspecified atom stereocenters. The lowest BCUT2D eigenvalue weighted by atomic mass is 10.1. The van der Waals surface area contributed by atoms with Gasteiger partial charge in [-0.3, -0.25) is 0 Å². The van der Waals surface area contributed by atoms with Crippen LogP contribution in [0.15, 0.2) is 0 Å². The van der Waals surface area contributed by atoms with E-state index in [9.17, 15) is 0 Å². The maximum atomic E-state index is 5.62. The van der Waals surface area contributed by atoms with Gasteiger partial charge >= 0.3 is 0 Å². The molecular formula is C16H34O3SSi. The predicted molar refractivity (Wildman–Crippen MR) is 96.9 cm³/mol. The normalized spacial score (nSPS) is 11.6. The van der Waals surface area contributed by atoms with Crippen LogP contribution >= 0.6 is 12.2 Å². The highest BCUT2D eigenvalue weighted by atomic mass is 32.1. The molecule has 0 atom stereocenters. The first-order chi connectivity index (χ1) is 10.2. The van der Waals surface area contributed by atoms with Crippen molar-refractivity contribution in [1.29, 1.82) is 0 Å². The number of unbranched alkanes of at least 4 members (excludes halogenated alkanes) is 4. The average Bonchev–Trinajstić information content (AvgIpc) is 2.47. The van der Waals surface area contributed by atoms with Gasteiger partial charge in [-0.1, -0.05) is 38.7 Å². The lowest BCUT2D eigenvalue weighted by molar-refractivity contribution is -0.0828. The lowest BCUT2D eigenvalue weighted by Gasteiger charge is -2.16. The van der Waals surface area contributed by atoms with Crippen LogP contribution in [-0.2, 0) is 14.2 Å². The van der Waals surface area contributed by atoms with Gasteiger partial charge in [0.1, 0.15) is 5.91 Å². The van der Waals surface area contributed by atoms with Crippen LogP contribution in [-0.4, -0.2) is 40.3 Å². The molecule has 0 fully saturated rings. The summed E-state index contributed by atoms with van der Waals surface area (Å²) in [7, 11) is -0.335. The van der Waals surface area contributed by atoms with E-state index in [0.29, 0.717) is 0 Å². The Balaban J connectivity index is 3.41. The summed E-state index contributed by atoms with van der Waals surface area (Å²) in [6.45, 7) is 8.49. The number of thiocarbonyl (C=S) groups is 1. The van der Waals surface area contributed by atoms with Crippen LogP contribution in [0.4, 0.5) is 0 Å². The minimum Gasteiger partial charge on any atom is -0.487 e. The summed E-state index contributed by atoms with van der Waals surface area (Å²) in [5, 5.41) is 0.791. The fourth-order valence-electron chi connectivity index (χ4n) is 2.13. The monoisotopic (exact) mass is 334 g/mol. The van der Waals surface area contributed by atoms with Crippen molar-refractivity contribution < 1.29 is 14.2 Å². The first kappa shape index (κ1) is 21.0. The van der Waals surface area contributed by atoms with Gasteiger partial charge in [0.05, 0.1) is 16.1 Å². The molecule has 0 radical (unpaired) electrons. The first-order valence-corrected chi connectivity index (χ1v) is 10.9. The van der Waals surface area contributed by atoms with Gasteiger partial charge in [0.25, 0.3) is 0 Å². The second kappa shape index (κ2) is 16.4. The van der Waals surface area contributed by atoms with E-state index in [0.717, 1.165) is 37.7 Å². The van der Waals surface area contributed by atoms with Crippen molar-refractivity contribution in [3.8, 4) is 0 Å². The smallest absolute Gasteiger partial charge is 0.159 e. The molecule has 0 bridgehead atoms. The Labute approximate surface area is 138 Å². The maximum Gasteiger partial charge on any atom is 0.159 e. The third-order valence-electron chi connectivity index (χ3n) is 3.29. The molecule has 0 aromatic rings. The molecule has 0 aliphatic heterocycles. The molecule has 126 valence electrons. The Morgan fingerprint density at radius 3 is 2.24 bits per heavy atom. The molecular weight excluding hydrogens is 300 g/mol. The summed E-state index contributed by atoms with van der Waals surface area (Å²) in [6.07, 6.45) is 8.39. The van der Waals surface area contributed by atoms with Crippen molar-refractivity contribution in [2.75, 3.05) is 19.8 Å². The molecule has 3 nitrogen and oxygen atoms in total. The zero-order valence-electron chi connectivity index (χ0n) is 14.2. The van der Waals surface area contributed by atoms with E-state index >= 15 is 0 Å². The number of ether oxygens (including phenoxy) is 3. The highest BCUT2D eigenvalue weighted by Crippen LogP contribution is 2.07. The van der Waals surface area contributed by atoms with Crippen LogP contribution in [0.2, 0.25) is 6.04 Å². The van der Waals surface area contributed by atoms with E-state index in [-0.39, 0.29) is 15.4 Å². The largest absolute Gasteiger partial charge is 0.487 e. The van der Waals surface area contributed by atoms with E-state index in [1.165, 1.54) is 38.1 Å². The maximum absolute atomic E-state index is 5.62. The zero-order chi connectivity index (χ0) is 15.8. The van der Waals surface area contributed by atoms with Crippen molar-refractivity contribution in [3.63, 3.8) is 0 Å². The molecule has 21 heavy (non-hydrogen) atoms. The van der Waals surface area contributed by atoms with Gasteiger partial charge in [-0.25, -0.2) is 0 Å². The number of hydrogen-bond acceptors (Lipinski definition) is 4. The Kier molecular flexibility index (Phi) is 16.4. The third-order valence-corrected chi connectivity index (χ3v) is 5.46. The summed E-state index contributed by atoms with van der Waals surface area (Å²) in [5.74, 6) is 0.0746. The van der Waals surface area contributed by atoms with Crippen LogP contribution in [0.1, 0.15) is 65.7 Å². The van der Waals surface area contributed by atoms with E-state index in [4.69, 9.17) is 26.4 Å². The van der Waals surface area contributed by atoms with E-state index < -0.39 is 0 Å². The molecule has 0 saturated heterocycles. The Morgan fingerprint density at radius 1 is 0.952 bits per heavy atom. The molecule has 0 aliphatic carbocycles. The fraction of sp³-hybridized carbons (Fsp3) is 0.938. The third kappa shape index (κ3) is 14.7. The van der Waals surface area contributed by atoms with Gasteiger partial charge in [-0.15, -0.1) is 0 Å². The Morgan fingerprint density at radius 2 is 1.62 bits per heavy atom. The predicted octanol–water partition coefficient (Wildman–Crippen LogP) is 4.02. The first-order valence-electron chi connectivity index (χ1n) is 8.63. The van der Waals surface area contributed by atoms with Gasteiger partial charge in [-0.05, 0) is 38.9 Å². The summed E-state index contributed by atoms with van der Waals surface area (Å²) in [4.78, 5) is 0. The fourth-order valence-corrected chi connectivity index (χ4v) is 3.99. The quantitative estimate of drug-likeness (QED) is 0.196. The van der Waals surface area contributed by atoms with Crippen LogP contribution in [0, 0.1) is 0 Å². The minimum atomic E-state index is -0.335. The zero-order valence-corrected chi connectivity index (χ0v) is 16.4. The Bertz CT molecular complexity index is 234. The molecule has 0 aliphatic rings. The van der Waals surface area contributed by atoms with E-state index in [1.807, 2.05) is 13.8 Å². The molecule has 5 heteroatoms.